The van der Waals surface area contributed by atoms with Crippen LogP contribution in [0, 0.1) is 0 Å². The molecule has 0 nitrogen and oxygen atoms in total. The lowest BCUT2D eigenvalue weighted by Crippen LogP contribution is -2.74. The summed E-state index contributed by atoms with van der Waals surface area (Å²) in [6.07, 6.45) is -8.31. The van der Waals surface area contributed by atoms with Crippen molar-refractivity contribution in [3.05, 3.63) is 35.4 Å². The summed E-state index contributed by atoms with van der Waals surface area (Å²) in [6, 6.07) is -2.75. The number of hydrogen-bond donors (Lipinski definition) is 0. The van der Waals surface area contributed by atoms with Crippen LogP contribution in [0.4, 0.5) is 74.6 Å². The average Bonchev–Trinajstić information content (AvgIpc) is 2.71. The quantitative estimate of drug-likeness (QED) is 0.132. The van der Waals surface area contributed by atoms with Crippen molar-refractivity contribution in [2.24, 2.45) is 0 Å². The third kappa shape index (κ3) is 4.92. The molecule has 1 atom stereocenters. The monoisotopic (exact) mass is 670 g/mol. The van der Waals surface area contributed by atoms with Crippen LogP contribution in [0.1, 0.15) is 30.0 Å². The third-order valence-corrected chi connectivity index (χ3v) is 9.08. The van der Waals surface area contributed by atoms with Crippen LogP contribution in [0.25, 0.3) is 0 Å². The highest BCUT2D eigenvalue weighted by Crippen LogP contribution is 2.65. The third-order valence-electron chi connectivity index (χ3n) is 5.20. The molecule has 0 aromatic heterocycles. The van der Waals surface area contributed by atoms with Crippen LogP contribution in [-0.4, -0.2) is 47.7 Å². The van der Waals surface area contributed by atoms with E-state index in [0.29, 0.717) is 12.1 Å². The molecule has 1 rings (SSSR count). The van der Waals surface area contributed by atoms with Gasteiger partial charge in [0.1, 0.15) is 0 Å². The molecule has 0 fully saturated rings. The first kappa shape index (κ1) is 35.1. The van der Waals surface area contributed by atoms with Crippen LogP contribution in [0.15, 0.2) is 24.3 Å². The Morgan fingerprint density at radius 3 is 1.26 bits per heavy atom. The molecule has 0 amide bonds. The van der Waals surface area contributed by atoms with Gasteiger partial charge in [-0.15, -0.1) is 33.2 Å². The molecule has 0 heterocycles. The maximum Gasteiger partial charge on any atom is 0.460 e. The van der Waals surface area contributed by atoms with Crippen LogP contribution in [0.5, 0.6) is 0 Å². The minimum atomic E-state index is -8.70. The maximum atomic E-state index is 14.8. The maximum absolute atomic E-state index is 14.8. The standard InChI is InChI=1S/C17H10Cl3F17Si/c1-2-9(38(18,19)20)7-5-3-4-6-8(7)10(21,22)11(23,24)12(25,26)13(27,28)14(29,30)15(31,32)16(33,34)17(35,36)37/h3-6,9H,2H2,1H3. The second-order valence-corrected chi connectivity index (χ2v) is 16.5. The van der Waals surface area contributed by atoms with Gasteiger partial charge in [0, 0.05) is 11.1 Å². The van der Waals surface area contributed by atoms with Crippen molar-refractivity contribution >= 4 is 39.2 Å². The van der Waals surface area contributed by atoms with Crippen LogP contribution in [-0.2, 0) is 5.92 Å². The van der Waals surface area contributed by atoms with Crippen molar-refractivity contribution in [2.45, 2.75) is 66.5 Å². The Labute approximate surface area is 216 Å². The number of rotatable bonds is 10. The molecule has 0 radical (unpaired) electrons. The molecule has 0 spiro atoms. The van der Waals surface area contributed by atoms with Gasteiger partial charge in [-0.25, -0.2) is 0 Å². The van der Waals surface area contributed by atoms with Crippen molar-refractivity contribution in [1.82, 2.24) is 0 Å². The van der Waals surface area contributed by atoms with E-state index in [1.165, 1.54) is 0 Å². The molecule has 0 aliphatic rings. The van der Waals surface area contributed by atoms with Gasteiger partial charge in [-0.2, -0.15) is 74.6 Å². The Morgan fingerprint density at radius 1 is 0.579 bits per heavy atom. The average molecular weight is 672 g/mol. The number of benzene rings is 1. The molecule has 1 unspecified atom stereocenters. The van der Waals surface area contributed by atoms with E-state index in [1.807, 2.05) is 0 Å². The second-order valence-electron chi connectivity index (χ2n) is 7.61. The van der Waals surface area contributed by atoms with Gasteiger partial charge in [0.15, 0.2) is 0 Å². The lowest BCUT2D eigenvalue weighted by atomic mass is 9.85. The van der Waals surface area contributed by atoms with E-state index in [0.717, 1.165) is 13.0 Å². The lowest BCUT2D eigenvalue weighted by molar-refractivity contribution is -0.462. The topological polar surface area (TPSA) is 0 Å². The van der Waals surface area contributed by atoms with Gasteiger partial charge >= 0.3 is 53.6 Å². The highest BCUT2D eigenvalue weighted by atomic mass is 35.8. The second kappa shape index (κ2) is 9.89. The predicted molar refractivity (Wildman–Crippen MR) is 102 cm³/mol. The fourth-order valence-corrected chi connectivity index (χ4v) is 6.56. The van der Waals surface area contributed by atoms with Crippen molar-refractivity contribution in [3.8, 4) is 0 Å². The number of hydrogen-bond acceptors (Lipinski definition) is 0. The van der Waals surface area contributed by atoms with E-state index < -0.39 is 76.7 Å². The zero-order chi connectivity index (χ0) is 30.8. The lowest BCUT2D eigenvalue weighted by Gasteiger charge is -2.43. The SMILES string of the molecule is CCC(c1ccccc1C(F)(F)C(F)(F)C(F)(F)C(F)(F)C(F)(F)C(F)(F)C(F)(F)C(F)(F)F)[Si](Cl)(Cl)Cl. The summed E-state index contributed by atoms with van der Waals surface area (Å²) in [4.78, 5) is 0. The molecule has 38 heavy (non-hydrogen) atoms. The van der Waals surface area contributed by atoms with E-state index in [-0.39, 0.29) is 6.07 Å². The molecule has 222 valence electrons. The van der Waals surface area contributed by atoms with Gasteiger partial charge in [0.25, 0.3) is 0 Å². The smallest absolute Gasteiger partial charge is 0.194 e. The molecular formula is C17H10Cl3F17Si. The summed E-state index contributed by atoms with van der Waals surface area (Å²) in [5.74, 6) is -57.1. The summed E-state index contributed by atoms with van der Waals surface area (Å²) in [5.41, 5.74) is -5.32. The van der Waals surface area contributed by atoms with Gasteiger partial charge in [-0.3, -0.25) is 0 Å². The highest BCUT2D eigenvalue weighted by Gasteiger charge is 2.95. The van der Waals surface area contributed by atoms with Crippen LogP contribution < -0.4 is 0 Å². The fraction of sp³-hybridized carbons (Fsp3) is 0.647. The van der Waals surface area contributed by atoms with Gasteiger partial charge in [0.05, 0.1) is 0 Å². The molecule has 0 saturated carbocycles. The van der Waals surface area contributed by atoms with Crippen LogP contribution >= 0.6 is 33.2 Å². The summed E-state index contributed by atoms with van der Waals surface area (Å²) in [7, 11) is 0. The van der Waals surface area contributed by atoms with Gasteiger partial charge in [-0.1, -0.05) is 31.2 Å². The number of halogens is 20. The first-order chi connectivity index (χ1) is 16.4. The van der Waals surface area contributed by atoms with E-state index in [9.17, 15) is 74.6 Å². The molecule has 0 N–H and O–H groups in total. The molecule has 1 aromatic carbocycles. The minimum Gasteiger partial charge on any atom is -0.194 e. The Morgan fingerprint density at radius 2 is 0.921 bits per heavy atom. The largest absolute Gasteiger partial charge is 0.460 e. The van der Waals surface area contributed by atoms with E-state index >= 15 is 0 Å². The molecule has 0 aliphatic carbocycles. The van der Waals surface area contributed by atoms with Crippen LogP contribution in [0.2, 0.25) is 0 Å². The first-order valence-corrected chi connectivity index (χ1v) is 14.4. The zero-order valence-corrected chi connectivity index (χ0v) is 20.9. The highest BCUT2D eigenvalue weighted by molar-refractivity contribution is 7.65. The Bertz CT molecular complexity index is 1000. The fourth-order valence-electron chi connectivity index (χ4n) is 3.05. The molecule has 0 bridgehead atoms. The van der Waals surface area contributed by atoms with Gasteiger partial charge < -0.3 is 0 Å². The predicted octanol–water partition coefficient (Wildman–Crippen LogP) is 9.84. The molecular weight excluding hydrogens is 662 g/mol. The number of alkyl halides is 17. The van der Waals surface area contributed by atoms with Gasteiger partial charge in [0.2, 0.25) is 0 Å². The zero-order valence-electron chi connectivity index (χ0n) is 17.7. The Balaban J connectivity index is 3.89. The van der Waals surface area contributed by atoms with Crippen molar-refractivity contribution in [2.75, 3.05) is 0 Å². The molecule has 0 aliphatic heterocycles. The summed E-state index contributed by atoms with van der Waals surface area (Å²) in [5, 5.41) is 0. The molecule has 1 aromatic rings. The normalized spacial score (nSPS) is 16.6. The van der Waals surface area contributed by atoms with E-state index in [2.05, 4.69) is 0 Å². The minimum absolute atomic E-state index is 0.129. The summed E-state index contributed by atoms with van der Waals surface area (Å²) in [6.45, 7) is 1.10. The Kier molecular flexibility index (Phi) is 9.14. The van der Waals surface area contributed by atoms with E-state index in [4.69, 9.17) is 33.2 Å². The van der Waals surface area contributed by atoms with Gasteiger partial charge in [-0.05, 0) is 12.0 Å². The van der Waals surface area contributed by atoms with Crippen molar-refractivity contribution in [1.29, 1.82) is 0 Å². The van der Waals surface area contributed by atoms with Crippen LogP contribution in [0.3, 0.4) is 0 Å². The Hall–Kier alpha value is -0.883. The summed E-state index contributed by atoms with van der Waals surface area (Å²) < 4.78 is 231. The van der Waals surface area contributed by atoms with Crippen molar-refractivity contribution < 1.29 is 74.6 Å². The molecule has 21 heteroatoms. The van der Waals surface area contributed by atoms with E-state index in [1.54, 1.807) is 0 Å². The van der Waals surface area contributed by atoms with Crippen molar-refractivity contribution in [3.63, 3.8) is 0 Å². The summed E-state index contributed by atoms with van der Waals surface area (Å²) >= 11 is 16.9. The molecule has 0 saturated heterocycles. The first-order valence-electron chi connectivity index (χ1n) is 9.30.